The summed E-state index contributed by atoms with van der Waals surface area (Å²) in [6, 6.07) is 9.70. The third-order valence-electron chi connectivity index (χ3n) is 5.66. The molecule has 0 atom stereocenters. The third-order valence-corrected chi connectivity index (χ3v) is 6.21. The van der Waals surface area contributed by atoms with Gasteiger partial charge in [0, 0.05) is 31.2 Å². The molecule has 3 aromatic rings. The van der Waals surface area contributed by atoms with E-state index in [0.29, 0.717) is 10.7 Å². The first kappa shape index (κ1) is 22.6. The Morgan fingerprint density at radius 3 is 2.62 bits per heavy atom. The van der Waals surface area contributed by atoms with E-state index in [2.05, 4.69) is 27.2 Å². The molecular formula is C23H23Cl2FN4O2. The van der Waals surface area contributed by atoms with Crippen molar-refractivity contribution in [3.8, 4) is 11.3 Å². The molecule has 9 heteroatoms. The first-order valence-corrected chi connectivity index (χ1v) is 11.1. The highest BCUT2D eigenvalue weighted by molar-refractivity contribution is 6.33. The lowest BCUT2D eigenvalue weighted by molar-refractivity contribution is 0.102. The number of amides is 1. The Bertz CT molecular complexity index is 1120. The number of rotatable bonds is 5. The summed E-state index contributed by atoms with van der Waals surface area (Å²) < 4.78 is 19.7. The topological polar surface area (TPSA) is 61.6 Å². The van der Waals surface area contributed by atoms with Crippen LogP contribution in [0.15, 0.2) is 40.9 Å². The summed E-state index contributed by atoms with van der Waals surface area (Å²) in [5.74, 6) is -0.803. The normalized spacial score (nSPS) is 14.6. The molecule has 4 rings (SSSR count). The number of aromatic nitrogens is 1. The van der Waals surface area contributed by atoms with Crippen molar-refractivity contribution in [1.29, 1.82) is 0 Å². The maximum absolute atomic E-state index is 14.5. The van der Waals surface area contributed by atoms with Gasteiger partial charge in [-0.3, -0.25) is 4.79 Å². The van der Waals surface area contributed by atoms with E-state index >= 15 is 0 Å². The molecule has 0 unspecified atom stereocenters. The summed E-state index contributed by atoms with van der Waals surface area (Å²) >= 11 is 12.4. The van der Waals surface area contributed by atoms with Gasteiger partial charge in [-0.1, -0.05) is 41.3 Å². The molecule has 32 heavy (non-hydrogen) atoms. The number of anilines is 2. The summed E-state index contributed by atoms with van der Waals surface area (Å²) in [5.41, 5.74) is 1.65. The van der Waals surface area contributed by atoms with Gasteiger partial charge in [-0.15, -0.1) is 0 Å². The molecule has 2 aromatic carbocycles. The Balaban J connectivity index is 1.66. The maximum Gasteiger partial charge on any atom is 0.261 e. The Morgan fingerprint density at radius 2 is 1.94 bits per heavy atom. The van der Waals surface area contributed by atoms with Crippen LogP contribution < -0.4 is 10.2 Å². The molecule has 1 fully saturated rings. The smallest absolute Gasteiger partial charge is 0.261 e. The predicted molar refractivity (Wildman–Crippen MR) is 125 cm³/mol. The van der Waals surface area contributed by atoms with Crippen LogP contribution in [0.3, 0.4) is 0 Å². The number of piperazine rings is 1. The van der Waals surface area contributed by atoms with Crippen LogP contribution in [-0.4, -0.2) is 48.7 Å². The quantitative estimate of drug-likeness (QED) is 0.527. The van der Waals surface area contributed by atoms with Gasteiger partial charge in [0.15, 0.2) is 0 Å². The number of likely N-dealkylation sites (N-methyl/N-ethyl adjacent to an activating group) is 1. The Morgan fingerprint density at radius 1 is 1.19 bits per heavy atom. The molecule has 0 aliphatic carbocycles. The molecule has 2 heterocycles. The van der Waals surface area contributed by atoms with Crippen molar-refractivity contribution < 1.29 is 13.7 Å². The fourth-order valence-corrected chi connectivity index (χ4v) is 4.33. The van der Waals surface area contributed by atoms with Crippen molar-refractivity contribution in [1.82, 2.24) is 10.1 Å². The molecule has 0 radical (unpaired) electrons. The Labute approximate surface area is 195 Å². The number of carbonyl (C=O) groups is 1. The van der Waals surface area contributed by atoms with Gasteiger partial charge in [0.25, 0.3) is 5.91 Å². The number of halogens is 3. The summed E-state index contributed by atoms with van der Waals surface area (Å²) in [7, 11) is 0. The molecule has 1 aliphatic heterocycles. The zero-order chi connectivity index (χ0) is 22.8. The van der Waals surface area contributed by atoms with E-state index in [1.165, 1.54) is 18.2 Å². The van der Waals surface area contributed by atoms with Gasteiger partial charge in [-0.05, 0) is 43.8 Å². The van der Waals surface area contributed by atoms with Crippen LogP contribution >= 0.6 is 23.2 Å². The van der Waals surface area contributed by atoms with E-state index in [1.807, 2.05) is 6.07 Å². The second kappa shape index (κ2) is 9.48. The van der Waals surface area contributed by atoms with E-state index in [4.69, 9.17) is 27.7 Å². The van der Waals surface area contributed by atoms with Crippen LogP contribution in [0.25, 0.3) is 11.3 Å². The minimum Gasteiger partial charge on any atom is -0.367 e. The zero-order valence-electron chi connectivity index (χ0n) is 17.8. The summed E-state index contributed by atoms with van der Waals surface area (Å²) in [4.78, 5) is 17.9. The van der Waals surface area contributed by atoms with Gasteiger partial charge in [0.1, 0.15) is 22.8 Å². The molecule has 1 aliphatic rings. The number of benzene rings is 2. The lowest BCUT2D eigenvalue weighted by atomic mass is 10.0. The number of carbonyl (C=O) groups excluding carboxylic acids is 1. The summed E-state index contributed by atoms with van der Waals surface area (Å²) in [6.45, 7) is 8.29. The predicted octanol–water partition coefficient (Wildman–Crippen LogP) is 5.49. The monoisotopic (exact) mass is 476 g/mol. The average molecular weight is 477 g/mol. The maximum atomic E-state index is 14.5. The minimum absolute atomic E-state index is 0.0261. The van der Waals surface area contributed by atoms with E-state index < -0.39 is 11.7 Å². The van der Waals surface area contributed by atoms with Gasteiger partial charge in [-0.25, -0.2) is 4.39 Å². The van der Waals surface area contributed by atoms with Crippen molar-refractivity contribution in [2.45, 2.75) is 13.8 Å². The molecule has 0 bridgehead atoms. The van der Waals surface area contributed by atoms with Crippen molar-refractivity contribution in [2.24, 2.45) is 0 Å². The van der Waals surface area contributed by atoms with Gasteiger partial charge < -0.3 is 19.6 Å². The van der Waals surface area contributed by atoms with Crippen LogP contribution in [0.1, 0.15) is 23.0 Å². The van der Waals surface area contributed by atoms with E-state index in [-0.39, 0.29) is 27.6 Å². The molecule has 1 saturated heterocycles. The molecule has 1 N–H and O–H groups in total. The number of hydrogen-bond donors (Lipinski definition) is 1. The van der Waals surface area contributed by atoms with Crippen molar-refractivity contribution >= 4 is 40.5 Å². The van der Waals surface area contributed by atoms with Crippen LogP contribution in [0.2, 0.25) is 10.0 Å². The second-order valence-electron chi connectivity index (χ2n) is 7.60. The van der Waals surface area contributed by atoms with Crippen LogP contribution in [0, 0.1) is 12.7 Å². The van der Waals surface area contributed by atoms with Gasteiger partial charge >= 0.3 is 0 Å². The van der Waals surface area contributed by atoms with Gasteiger partial charge in [0.2, 0.25) is 0 Å². The number of nitrogens with one attached hydrogen (secondary N) is 1. The number of hydrogen-bond acceptors (Lipinski definition) is 5. The molecular weight excluding hydrogens is 454 g/mol. The minimum atomic E-state index is -0.586. The van der Waals surface area contributed by atoms with Crippen molar-refractivity contribution in [3.05, 3.63) is 63.6 Å². The van der Waals surface area contributed by atoms with E-state index in [9.17, 15) is 9.18 Å². The van der Waals surface area contributed by atoms with Crippen LogP contribution in [0.4, 0.5) is 15.8 Å². The molecule has 168 valence electrons. The largest absolute Gasteiger partial charge is 0.367 e. The highest BCUT2D eigenvalue weighted by Crippen LogP contribution is 2.35. The van der Waals surface area contributed by atoms with Gasteiger partial charge in [-0.2, -0.15) is 0 Å². The van der Waals surface area contributed by atoms with E-state index in [0.717, 1.165) is 38.4 Å². The molecule has 1 aromatic heterocycles. The lowest BCUT2D eigenvalue weighted by Gasteiger charge is -2.36. The van der Waals surface area contributed by atoms with Gasteiger partial charge in [0.05, 0.1) is 22.0 Å². The first-order valence-electron chi connectivity index (χ1n) is 10.4. The Kier molecular flexibility index (Phi) is 6.69. The number of nitrogens with zero attached hydrogens (tertiary/aromatic N) is 3. The molecule has 0 spiro atoms. The average Bonchev–Trinajstić information content (AvgIpc) is 3.15. The van der Waals surface area contributed by atoms with Crippen molar-refractivity contribution in [2.75, 3.05) is 42.9 Å². The lowest BCUT2D eigenvalue weighted by Crippen LogP contribution is -2.46. The van der Waals surface area contributed by atoms with Crippen molar-refractivity contribution in [3.63, 3.8) is 0 Å². The zero-order valence-corrected chi connectivity index (χ0v) is 19.3. The standard InChI is InChI=1S/C23H23Cl2FN4O2/c1-3-29-9-11-30(12-10-29)19-8-7-15(24)13-18(19)27-23(31)20-14(2)32-28-22(20)21-16(25)5-4-6-17(21)26/h4-8,13H,3,9-12H2,1-2H3,(H,27,31). The van der Waals surface area contributed by atoms with Crippen LogP contribution in [-0.2, 0) is 0 Å². The van der Waals surface area contributed by atoms with E-state index in [1.54, 1.807) is 19.1 Å². The highest BCUT2D eigenvalue weighted by Gasteiger charge is 2.27. The number of aryl methyl sites for hydroxylation is 1. The molecule has 0 saturated carbocycles. The third kappa shape index (κ3) is 4.46. The summed E-state index contributed by atoms with van der Waals surface area (Å²) in [6.07, 6.45) is 0. The molecule has 1 amide bonds. The summed E-state index contributed by atoms with van der Waals surface area (Å²) in [5, 5.41) is 7.48. The highest BCUT2D eigenvalue weighted by atomic mass is 35.5. The fourth-order valence-electron chi connectivity index (χ4n) is 3.91. The second-order valence-corrected chi connectivity index (χ2v) is 8.44. The molecule has 6 nitrogen and oxygen atoms in total. The Hall–Kier alpha value is -2.61. The first-order chi connectivity index (χ1) is 15.4. The fraction of sp³-hybridized carbons (Fsp3) is 0.304. The SMILES string of the molecule is CCN1CCN(c2ccc(Cl)cc2NC(=O)c2c(-c3c(F)cccc3Cl)noc2C)CC1. The van der Waals surface area contributed by atoms with Crippen LogP contribution in [0.5, 0.6) is 0 Å².